The zero-order valence-corrected chi connectivity index (χ0v) is 63.4. The summed E-state index contributed by atoms with van der Waals surface area (Å²) in [6.07, 6.45) is -3.30. The zero-order chi connectivity index (χ0) is 81.5. The third kappa shape index (κ3) is 18.9. The second-order valence-corrected chi connectivity index (χ2v) is 31.2. The first kappa shape index (κ1) is 84.5. The fourth-order valence-electron chi connectivity index (χ4n) is 17.9. The van der Waals surface area contributed by atoms with Crippen molar-refractivity contribution >= 4 is 119 Å². The molecule has 11 fully saturated rings. The van der Waals surface area contributed by atoms with E-state index in [9.17, 15) is 112 Å². The highest BCUT2D eigenvalue weighted by atomic mass is 32.1. The summed E-state index contributed by atoms with van der Waals surface area (Å²) < 4.78 is 0. The lowest BCUT2D eigenvalue weighted by Crippen LogP contribution is -2.57. The van der Waals surface area contributed by atoms with Gasteiger partial charge in [-0.3, -0.25) is 86.3 Å². The number of β-amino-alcohol motifs (C(OH)–C–C–N with tert-alkyl or cyclic N) is 5. The highest BCUT2D eigenvalue weighted by Crippen LogP contribution is 2.33. The molecule has 0 aromatic rings. The van der Waals surface area contributed by atoms with Crippen molar-refractivity contribution in [2.75, 3.05) is 117 Å². The second-order valence-electron chi connectivity index (χ2n) is 30.9. The minimum Gasteiger partial charge on any atom is -0.480 e. The second kappa shape index (κ2) is 36.8. The van der Waals surface area contributed by atoms with E-state index in [4.69, 9.17) is 10.8 Å². The Labute approximate surface area is 654 Å². The number of hydrogen-bond acceptors (Lipinski definition) is 25. The first-order valence-corrected chi connectivity index (χ1v) is 39.4. The van der Waals surface area contributed by atoms with E-state index in [0.29, 0.717) is 51.5 Å². The van der Waals surface area contributed by atoms with Gasteiger partial charge in [-0.1, -0.05) is 0 Å². The Kier molecular flexibility index (Phi) is 27.5. The predicted molar refractivity (Wildman–Crippen MR) is 387 cm³/mol. The van der Waals surface area contributed by atoms with Crippen molar-refractivity contribution in [3.8, 4) is 0 Å². The maximum Gasteiger partial charge on any atom is 0.322 e. The number of aliphatic carboxylic acids is 1. The van der Waals surface area contributed by atoms with E-state index in [0.717, 1.165) is 24.5 Å². The summed E-state index contributed by atoms with van der Waals surface area (Å²) >= 11 is 4.07. The van der Waals surface area contributed by atoms with E-state index in [1.807, 2.05) is 0 Å². The molecule has 0 spiro atoms. The summed E-state index contributed by atoms with van der Waals surface area (Å²) in [7, 11) is 0. The molecule has 43 heteroatoms. The Morgan fingerprint density at radius 2 is 0.478 bits per heavy atom. The van der Waals surface area contributed by atoms with Gasteiger partial charge in [0.15, 0.2) is 0 Å². The Bertz CT molecular complexity index is 3750. The summed E-state index contributed by atoms with van der Waals surface area (Å²) in [6.45, 7) is -4.70. The lowest BCUT2D eigenvalue weighted by atomic mass is 10.1. The molecule has 0 aliphatic carbocycles. The average molecular weight is 1610 g/mol. The summed E-state index contributed by atoms with van der Waals surface area (Å²) in [5.41, 5.74) is 5.87. The molecule has 17 amide bonds. The number of aliphatic hydroxyl groups is 5. The van der Waals surface area contributed by atoms with Crippen LogP contribution in [0.3, 0.4) is 0 Å². The third-order valence-corrected chi connectivity index (χ3v) is 23.8. The van der Waals surface area contributed by atoms with Crippen LogP contribution in [0.25, 0.3) is 0 Å². The lowest BCUT2D eigenvalue weighted by molar-refractivity contribution is -0.148. The van der Waals surface area contributed by atoms with Gasteiger partial charge in [-0.25, -0.2) is 0 Å². The van der Waals surface area contributed by atoms with Gasteiger partial charge in [0.25, 0.3) is 0 Å². The van der Waals surface area contributed by atoms with Gasteiger partial charge in [0.1, 0.15) is 73.0 Å². The van der Waals surface area contributed by atoms with Crippen LogP contribution in [0.5, 0.6) is 0 Å². The number of amides is 17. The van der Waals surface area contributed by atoms with Crippen LogP contribution in [0, 0.1) is 0 Å². The first-order chi connectivity index (χ1) is 53.8. The first-order valence-electron chi connectivity index (χ1n) is 38.8. The number of hydrogen-bond donors (Lipinski definition) is 14. The van der Waals surface area contributed by atoms with Crippen molar-refractivity contribution in [2.24, 2.45) is 5.73 Å². The molecule has 11 rings (SSSR count). The summed E-state index contributed by atoms with van der Waals surface area (Å²) in [4.78, 5) is 258. The number of rotatable bonds is 25. The van der Waals surface area contributed by atoms with Crippen LogP contribution in [-0.4, -0.2) is 411 Å². The summed E-state index contributed by atoms with van der Waals surface area (Å²) in [5, 5.41) is 77.7. The maximum absolute atomic E-state index is 14.4. The van der Waals surface area contributed by atoms with E-state index in [1.54, 1.807) is 0 Å². The van der Waals surface area contributed by atoms with E-state index >= 15 is 0 Å². The number of nitrogens with two attached hydrogens (primary N) is 1. The van der Waals surface area contributed by atoms with E-state index in [2.05, 4.69) is 44.5 Å². The van der Waals surface area contributed by atoms with Crippen LogP contribution in [0.1, 0.15) is 109 Å². The minimum atomic E-state index is -1.30. The van der Waals surface area contributed by atoms with Gasteiger partial charge in [-0.05, 0) is 77.0 Å². The molecular weight excluding hydrogens is 1510 g/mol. The molecule has 42 nitrogen and oxygen atoms in total. The highest BCUT2D eigenvalue weighted by Gasteiger charge is 2.52. The Balaban J connectivity index is 0.621. The van der Waals surface area contributed by atoms with E-state index in [1.165, 1.54) is 29.4 Å². The van der Waals surface area contributed by atoms with Crippen LogP contribution >= 0.6 is 12.6 Å². The number of likely N-dealkylation sites (tertiary alicyclic amines) is 11. The van der Waals surface area contributed by atoms with Crippen molar-refractivity contribution in [1.29, 1.82) is 0 Å². The van der Waals surface area contributed by atoms with Crippen LogP contribution in [0.2, 0.25) is 0 Å². The normalized spacial score (nSPS) is 29.8. The molecule has 11 saturated heterocycles. The molecule has 11 heterocycles. The fourth-order valence-corrected chi connectivity index (χ4v) is 18.0. The van der Waals surface area contributed by atoms with Gasteiger partial charge in [0.2, 0.25) is 100 Å². The van der Waals surface area contributed by atoms with Crippen molar-refractivity contribution in [1.82, 2.24) is 85.8 Å². The van der Waals surface area contributed by atoms with Gasteiger partial charge >= 0.3 is 5.97 Å². The summed E-state index contributed by atoms with van der Waals surface area (Å²) in [6, 6.07) is -13.6. The number of aliphatic hydroxyl groups excluding tert-OH is 5. The average Bonchev–Trinajstić information content (AvgIpc) is 1.67. The fraction of sp³-hybridized carbons (Fsp3) is 0.743. The Morgan fingerprint density at radius 3 is 0.673 bits per heavy atom. The molecule has 14 N–H and O–H groups in total. The Hall–Kier alpha value is -9.43. The topological polar surface area (TPSA) is 562 Å². The van der Waals surface area contributed by atoms with E-state index in [-0.39, 0.29) is 135 Å². The molecule has 11 aliphatic rings. The monoisotopic (exact) mass is 1610 g/mol. The number of nitrogens with zero attached hydrogens (tertiary/aromatic N) is 11. The van der Waals surface area contributed by atoms with Crippen LogP contribution in [0.4, 0.5) is 0 Å². The molecule has 0 bridgehead atoms. The predicted octanol–water partition coefficient (Wildman–Crippen LogP) is -11.2. The number of thiol groups is 1. The number of carbonyl (C=O) groups is 18. The standard InChI is InChI=1S/C70H102N18O24S/c71-41(35-113)65(107)78-13-1-7-42(78)59(101)72-24-53(94)84-30-36(89)19-48(84)66(108)79-14-2-8-43(79)60(102)73-25-54(95)85-31-37(90)20-49(85)67(109)80-15-3-9-44(80)61(103)74-26-55(96)86-32-38(91)21-50(86)68(110)81-16-4-10-45(81)62(104)75-27-56(97)87-33-39(92)22-51(87)69(111)82-17-5-11-46(82)63(105)76-28-57(98)88-34-40(93)23-52(88)70(112)83-18-6-12-47(83)64(106)77-29-58(99)100/h36-52,89-93,113H,1-35,71H2,(H,72,101)(H,73,102)(H,74,103)(H,75,104)(H,76,105)(H,77,106)(H,99,100)/t36-,37-,38-,39-,40-,41+,42+,43+,44+,45+,46+,47+,48+,49+,50+,51+,52+/m1/s1. The van der Waals surface area contributed by atoms with Gasteiger partial charge in [-0.2, -0.15) is 12.6 Å². The molecule has 0 unspecified atom stereocenters. The molecule has 0 radical (unpaired) electrons. The minimum absolute atomic E-state index is 0.0412. The van der Waals surface area contributed by atoms with E-state index < -0.39 is 249 Å². The van der Waals surface area contributed by atoms with Crippen LogP contribution < -0.4 is 37.6 Å². The maximum atomic E-state index is 14.4. The summed E-state index contributed by atoms with van der Waals surface area (Å²) in [5.74, 6) is -13.1. The Morgan fingerprint density at radius 1 is 0.292 bits per heavy atom. The number of carboxylic acid groups (broad SMARTS) is 1. The number of carbonyl (C=O) groups excluding carboxylic acids is 17. The molecule has 0 aromatic heterocycles. The lowest BCUT2D eigenvalue weighted by Gasteiger charge is -2.32. The van der Waals surface area contributed by atoms with Crippen LogP contribution in [-0.2, 0) is 86.3 Å². The highest BCUT2D eigenvalue weighted by molar-refractivity contribution is 7.80. The van der Waals surface area contributed by atoms with Crippen molar-refractivity contribution < 1.29 is 117 Å². The van der Waals surface area contributed by atoms with Gasteiger partial charge in [0.05, 0.1) is 69.3 Å². The molecule has 11 aliphatic heterocycles. The van der Waals surface area contributed by atoms with Gasteiger partial charge in [-0.15, -0.1) is 0 Å². The molecule has 622 valence electrons. The van der Waals surface area contributed by atoms with Crippen molar-refractivity contribution in [3.63, 3.8) is 0 Å². The van der Waals surface area contributed by atoms with Crippen molar-refractivity contribution in [3.05, 3.63) is 0 Å². The molecule has 17 atom stereocenters. The zero-order valence-electron chi connectivity index (χ0n) is 62.5. The van der Waals surface area contributed by atoms with Crippen molar-refractivity contribution in [2.45, 2.75) is 212 Å². The molecule has 0 saturated carbocycles. The SMILES string of the molecule is N[C@@H](CS)C(=O)N1CCC[C@H]1C(=O)NCC(=O)N1C[C@H](O)C[C@H]1C(=O)N1CCC[C@H]1C(=O)NCC(=O)N1C[C@H](O)C[C@H]1C(=O)N1CCC[C@H]1C(=O)NCC(=O)N1C[C@H](O)C[C@H]1C(=O)N1CCC[C@H]1C(=O)NCC(=O)N1C[C@H](O)C[C@H]1C(=O)N1CCC[C@H]1C(=O)NCC(=O)N1C[C@H](O)C[C@H]1C(=O)N1CCC[C@H]1C(=O)NCC(=O)O. The third-order valence-electron chi connectivity index (χ3n) is 23.5. The quantitative estimate of drug-likeness (QED) is 0.0378. The molecule has 113 heavy (non-hydrogen) atoms. The molecule has 0 aromatic carbocycles. The number of carboxylic acids is 1. The van der Waals surface area contributed by atoms with Crippen LogP contribution in [0.15, 0.2) is 0 Å². The molecular formula is C70H102N18O24S. The van der Waals surface area contributed by atoms with Gasteiger partial charge < -0.3 is 122 Å². The largest absolute Gasteiger partial charge is 0.480 e. The smallest absolute Gasteiger partial charge is 0.322 e. The van der Waals surface area contributed by atoms with Gasteiger partial charge in [0, 0.05) is 110 Å². The number of nitrogens with one attached hydrogen (secondary N) is 6.